The molecule has 0 saturated carbocycles. The molecule has 1 saturated heterocycles. The van der Waals surface area contributed by atoms with Crippen molar-refractivity contribution in [3.05, 3.63) is 63.7 Å². The zero-order valence-corrected chi connectivity index (χ0v) is 8.55. The van der Waals surface area contributed by atoms with Crippen LogP contribution in [0, 0.1) is 40.5 Å². The number of hydrogen-bond donors (Lipinski definition) is 3. The lowest BCUT2D eigenvalue weighted by Crippen LogP contribution is -2.26. The van der Waals surface area contributed by atoms with Gasteiger partial charge in [0.05, 0.1) is 0 Å². The van der Waals surface area contributed by atoms with E-state index in [0.717, 1.165) is 0 Å². The first-order chi connectivity index (χ1) is 8.75. The van der Waals surface area contributed by atoms with Crippen LogP contribution in [0.2, 0.25) is 0 Å². The predicted molar refractivity (Wildman–Crippen MR) is 51.4 cm³/mol. The molecule has 1 aliphatic rings. The Kier molecular flexibility index (Phi) is 3.40. The SMILES string of the molecule is O=[N+]([O-])C(=C1NNC(=C([N+](=O)[O-])[N+](=O)[O-])N1)[N+](=O)[O-]. The van der Waals surface area contributed by atoms with E-state index in [-0.39, 0.29) is 0 Å². The van der Waals surface area contributed by atoms with Crippen LogP contribution in [0.4, 0.5) is 0 Å². The van der Waals surface area contributed by atoms with Gasteiger partial charge in [-0.3, -0.25) is 51.3 Å². The molecule has 1 aliphatic heterocycles. The van der Waals surface area contributed by atoms with E-state index in [2.05, 4.69) is 0 Å². The van der Waals surface area contributed by atoms with E-state index in [1.807, 2.05) is 10.9 Å². The Bertz CT molecular complexity index is 467. The third-order valence-corrected chi connectivity index (χ3v) is 1.70. The highest BCUT2D eigenvalue weighted by Gasteiger charge is 2.42. The Morgan fingerprint density at radius 1 is 0.684 bits per heavy atom. The zero-order valence-electron chi connectivity index (χ0n) is 8.55. The van der Waals surface area contributed by atoms with E-state index < -0.39 is 43.0 Å². The molecule has 0 aromatic heterocycles. The van der Waals surface area contributed by atoms with E-state index in [4.69, 9.17) is 0 Å². The van der Waals surface area contributed by atoms with E-state index in [1.54, 1.807) is 5.32 Å². The molecule has 15 nitrogen and oxygen atoms in total. The van der Waals surface area contributed by atoms with Crippen LogP contribution < -0.4 is 16.2 Å². The van der Waals surface area contributed by atoms with Crippen LogP contribution in [-0.4, -0.2) is 19.7 Å². The molecule has 0 atom stereocenters. The highest BCUT2D eigenvalue weighted by atomic mass is 16.7. The summed E-state index contributed by atoms with van der Waals surface area (Å²) in [5, 5.41) is 43.3. The quantitative estimate of drug-likeness (QED) is 0.379. The van der Waals surface area contributed by atoms with Crippen molar-refractivity contribution < 1.29 is 19.7 Å². The summed E-state index contributed by atoms with van der Waals surface area (Å²) < 4.78 is 0. The summed E-state index contributed by atoms with van der Waals surface area (Å²) in [7, 11) is 0. The first-order valence-corrected chi connectivity index (χ1v) is 4.11. The molecule has 0 aromatic carbocycles. The minimum atomic E-state index is -1.56. The van der Waals surface area contributed by atoms with Crippen LogP contribution in [0.3, 0.4) is 0 Å². The van der Waals surface area contributed by atoms with Gasteiger partial charge in [-0.05, 0) is 0 Å². The van der Waals surface area contributed by atoms with Crippen LogP contribution in [0.25, 0.3) is 0 Å². The standard InChI is InChI=1S/C4H3N7O8/c12-8(13)3(9(14)15)1-5-2(7-6-1)4(10(16)17)11(18)19/h5-7H. The normalized spacial score (nSPS) is 12.8. The van der Waals surface area contributed by atoms with Crippen LogP contribution in [-0.2, 0) is 0 Å². The second-order valence-electron chi connectivity index (χ2n) is 2.80. The molecule has 0 aromatic rings. The van der Waals surface area contributed by atoms with Gasteiger partial charge in [0.15, 0.2) is 0 Å². The van der Waals surface area contributed by atoms with Gasteiger partial charge in [-0.2, -0.15) is 0 Å². The minimum absolute atomic E-state index is 0.869. The monoisotopic (exact) mass is 277 g/mol. The van der Waals surface area contributed by atoms with Crippen molar-refractivity contribution >= 4 is 0 Å². The van der Waals surface area contributed by atoms with Gasteiger partial charge in [0.2, 0.25) is 0 Å². The highest BCUT2D eigenvalue weighted by molar-refractivity contribution is 5.15. The highest BCUT2D eigenvalue weighted by Crippen LogP contribution is 2.10. The smallest absolute Gasteiger partial charge is 0.302 e. The van der Waals surface area contributed by atoms with Gasteiger partial charge in [0.25, 0.3) is 11.6 Å². The van der Waals surface area contributed by atoms with Crippen LogP contribution in [0.15, 0.2) is 23.3 Å². The molecule has 0 bridgehead atoms. The molecule has 1 fully saturated rings. The Balaban J connectivity index is 3.26. The summed E-state index contributed by atoms with van der Waals surface area (Å²) in [6, 6.07) is 0. The van der Waals surface area contributed by atoms with Crippen LogP contribution in [0.5, 0.6) is 0 Å². The fraction of sp³-hybridized carbons (Fsp3) is 0. The van der Waals surface area contributed by atoms with Gasteiger partial charge in [-0.1, -0.05) is 0 Å². The molecule has 0 spiro atoms. The van der Waals surface area contributed by atoms with Crippen molar-refractivity contribution in [3.8, 4) is 0 Å². The average Bonchev–Trinajstić information content (AvgIpc) is 2.64. The van der Waals surface area contributed by atoms with Gasteiger partial charge in [0.1, 0.15) is 19.7 Å². The number of nitrogens with one attached hydrogen (secondary N) is 3. The molecule has 1 heterocycles. The van der Waals surface area contributed by atoms with Crippen molar-refractivity contribution in [1.82, 2.24) is 16.2 Å². The lowest BCUT2D eigenvalue weighted by Gasteiger charge is -1.93. The Morgan fingerprint density at radius 2 is 0.947 bits per heavy atom. The molecule has 3 N–H and O–H groups in total. The molecular formula is C4H3N7O8. The summed E-state index contributed by atoms with van der Waals surface area (Å²) in [5.74, 6) is -4.86. The maximum atomic E-state index is 10.4. The second kappa shape index (κ2) is 4.77. The van der Waals surface area contributed by atoms with Crippen molar-refractivity contribution in [2.45, 2.75) is 0 Å². The molecule has 0 amide bonds. The Morgan fingerprint density at radius 3 is 1.16 bits per heavy atom. The van der Waals surface area contributed by atoms with Crippen molar-refractivity contribution in [3.63, 3.8) is 0 Å². The summed E-state index contributed by atoms with van der Waals surface area (Å²) in [4.78, 5) is 36.0. The zero-order chi connectivity index (χ0) is 14.7. The maximum Gasteiger partial charge on any atom is 0.601 e. The van der Waals surface area contributed by atoms with E-state index in [9.17, 15) is 40.5 Å². The topological polar surface area (TPSA) is 209 Å². The first kappa shape index (κ1) is 13.5. The lowest BCUT2D eigenvalue weighted by atomic mass is 10.6. The maximum absolute atomic E-state index is 10.4. The first-order valence-electron chi connectivity index (χ1n) is 4.11. The molecule has 15 heteroatoms. The van der Waals surface area contributed by atoms with Crippen molar-refractivity contribution in [1.29, 1.82) is 0 Å². The fourth-order valence-electron chi connectivity index (χ4n) is 1.03. The van der Waals surface area contributed by atoms with Crippen molar-refractivity contribution in [2.75, 3.05) is 0 Å². The number of hydrogen-bond acceptors (Lipinski definition) is 11. The van der Waals surface area contributed by atoms with E-state index in [0.29, 0.717) is 0 Å². The molecular weight excluding hydrogens is 274 g/mol. The summed E-state index contributed by atoms with van der Waals surface area (Å²) in [6.45, 7) is 0. The number of rotatable bonds is 4. The third kappa shape index (κ3) is 2.60. The lowest BCUT2D eigenvalue weighted by molar-refractivity contribution is -0.618. The fourth-order valence-corrected chi connectivity index (χ4v) is 1.03. The van der Waals surface area contributed by atoms with Gasteiger partial charge < -0.3 is 5.32 Å². The third-order valence-electron chi connectivity index (χ3n) is 1.70. The van der Waals surface area contributed by atoms with Gasteiger partial charge >= 0.3 is 11.6 Å². The van der Waals surface area contributed by atoms with Gasteiger partial charge in [-0.25, -0.2) is 0 Å². The number of hydrazine groups is 1. The number of nitro groups is 4. The van der Waals surface area contributed by atoms with Crippen LogP contribution in [0.1, 0.15) is 0 Å². The van der Waals surface area contributed by atoms with Crippen molar-refractivity contribution in [2.24, 2.45) is 0 Å². The molecule has 0 radical (unpaired) electrons. The Hall–Kier alpha value is -3.52. The molecule has 0 unspecified atom stereocenters. The van der Waals surface area contributed by atoms with Gasteiger partial charge in [-0.15, -0.1) is 0 Å². The average molecular weight is 277 g/mol. The summed E-state index contributed by atoms with van der Waals surface area (Å²) >= 11 is 0. The number of nitrogens with zero attached hydrogens (tertiary/aromatic N) is 4. The van der Waals surface area contributed by atoms with E-state index in [1.165, 1.54) is 0 Å². The molecule has 1 rings (SSSR count). The Labute approximate surface area is 101 Å². The minimum Gasteiger partial charge on any atom is -0.302 e. The molecule has 0 aliphatic carbocycles. The molecule has 19 heavy (non-hydrogen) atoms. The predicted octanol–water partition coefficient (Wildman–Crippen LogP) is -1.96. The van der Waals surface area contributed by atoms with Crippen LogP contribution >= 0.6 is 0 Å². The van der Waals surface area contributed by atoms with Gasteiger partial charge in [0, 0.05) is 0 Å². The summed E-state index contributed by atoms with van der Waals surface area (Å²) in [6.07, 6.45) is 0. The molecule has 102 valence electrons. The second-order valence-corrected chi connectivity index (χ2v) is 2.80. The summed E-state index contributed by atoms with van der Waals surface area (Å²) in [5.41, 5.74) is 3.66. The largest absolute Gasteiger partial charge is 0.601 e. The van der Waals surface area contributed by atoms with E-state index >= 15 is 0 Å².